The summed E-state index contributed by atoms with van der Waals surface area (Å²) in [5.74, 6) is -1.71. The summed E-state index contributed by atoms with van der Waals surface area (Å²) < 4.78 is 12.9. The van der Waals surface area contributed by atoms with Crippen molar-refractivity contribution in [2.45, 2.75) is 13.5 Å². The van der Waals surface area contributed by atoms with Gasteiger partial charge in [-0.1, -0.05) is 18.2 Å². The van der Waals surface area contributed by atoms with E-state index in [9.17, 15) is 14.4 Å². The molecular weight excluding hydrogens is 464 g/mol. The fraction of sp³-hybridized carbons (Fsp3) is 0.296. The fourth-order valence-corrected chi connectivity index (χ4v) is 4.10. The number of ketones is 1. The van der Waals surface area contributed by atoms with Gasteiger partial charge in [0.15, 0.2) is 5.78 Å². The van der Waals surface area contributed by atoms with Crippen LogP contribution >= 0.6 is 0 Å². The second kappa shape index (κ2) is 12.7. The number of benzene rings is 2. The largest absolute Gasteiger partial charge is 0.497 e. The summed E-state index contributed by atoms with van der Waals surface area (Å²) in [6.45, 7) is 7.41. The monoisotopic (exact) mass is 494 g/mol. The number of nitrogens with zero attached hydrogens (tertiary/aromatic N) is 2. The van der Waals surface area contributed by atoms with Crippen LogP contribution in [0, 0.1) is 6.92 Å². The van der Waals surface area contributed by atoms with Crippen molar-refractivity contribution in [3.63, 3.8) is 0 Å². The number of para-hydroxylation sites is 1. The molecule has 0 spiro atoms. The van der Waals surface area contributed by atoms with E-state index in [1.54, 1.807) is 7.11 Å². The Morgan fingerprint density at radius 1 is 0.944 bits per heavy atom. The minimum Gasteiger partial charge on any atom is -0.497 e. The van der Waals surface area contributed by atoms with Crippen LogP contribution in [0.2, 0.25) is 0 Å². The molecule has 1 aromatic heterocycles. The fourth-order valence-electron chi connectivity index (χ4n) is 4.10. The van der Waals surface area contributed by atoms with Crippen LogP contribution in [0.25, 0.3) is 10.9 Å². The Bertz CT molecular complexity index is 1220. The van der Waals surface area contributed by atoms with Crippen molar-refractivity contribution >= 4 is 28.6 Å². The van der Waals surface area contributed by atoms with Gasteiger partial charge in [-0.3, -0.25) is 9.69 Å². The zero-order valence-corrected chi connectivity index (χ0v) is 20.3. The summed E-state index contributed by atoms with van der Waals surface area (Å²) in [6.07, 6.45) is 1.12. The number of carbonyl (C=O) groups is 3. The molecule has 1 aliphatic rings. The van der Waals surface area contributed by atoms with Gasteiger partial charge in [0, 0.05) is 60.5 Å². The summed E-state index contributed by atoms with van der Waals surface area (Å²) in [4.78, 5) is 34.8. The van der Waals surface area contributed by atoms with Gasteiger partial charge in [-0.2, -0.15) is 0 Å². The van der Waals surface area contributed by atoms with Crippen LogP contribution in [0.3, 0.4) is 0 Å². The molecule has 0 amide bonds. The minimum atomic E-state index is -1.26. The lowest BCUT2D eigenvalue weighted by Gasteiger charge is -2.27. The molecule has 1 aliphatic heterocycles. The third-order valence-corrected chi connectivity index (χ3v) is 5.92. The highest BCUT2D eigenvalue weighted by molar-refractivity contribution is 6.17. The molecule has 0 saturated carbocycles. The van der Waals surface area contributed by atoms with E-state index in [-0.39, 0.29) is 5.78 Å². The van der Waals surface area contributed by atoms with E-state index in [2.05, 4.69) is 22.5 Å². The number of aliphatic carboxylic acids is 2. The number of hydrogen-bond donors (Lipinski definition) is 2. The summed E-state index contributed by atoms with van der Waals surface area (Å²) in [5, 5.41) is 16.6. The van der Waals surface area contributed by atoms with E-state index >= 15 is 0 Å². The predicted octanol–water partition coefficient (Wildman–Crippen LogP) is 3.23. The highest BCUT2D eigenvalue weighted by Crippen LogP contribution is 2.28. The van der Waals surface area contributed by atoms with Crippen LogP contribution in [0.1, 0.15) is 21.6 Å². The topological polar surface area (TPSA) is 118 Å². The Labute approximate surface area is 209 Å². The number of morpholine rings is 1. The highest BCUT2D eigenvalue weighted by Gasteiger charge is 2.21. The minimum absolute atomic E-state index is 0.0569. The maximum atomic E-state index is 13.3. The van der Waals surface area contributed by atoms with Gasteiger partial charge in [0.25, 0.3) is 0 Å². The quantitative estimate of drug-likeness (QED) is 0.362. The summed E-state index contributed by atoms with van der Waals surface area (Å²) in [7, 11) is 1.63. The second-order valence-electron chi connectivity index (χ2n) is 8.15. The number of fused-ring (bicyclic) bond motifs is 1. The van der Waals surface area contributed by atoms with E-state index in [0.717, 1.165) is 67.3 Å². The number of ether oxygens (including phenoxy) is 2. The first kappa shape index (κ1) is 26.7. The number of carboxylic acid groups (broad SMARTS) is 2. The molecule has 0 aliphatic carbocycles. The Morgan fingerprint density at radius 3 is 2.14 bits per heavy atom. The van der Waals surface area contributed by atoms with E-state index in [0.29, 0.717) is 17.7 Å². The molecule has 2 N–H and O–H groups in total. The second-order valence-corrected chi connectivity index (χ2v) is 8.15. The lowest BCUT2D eigenvalue weighted by Crippen LogP contribution is -2.38. The zero-order valence-electron chi connectivity index (χ0n) is 20.3. The molecule has 0 bridgehead atoms. The van der Waals surface area contributed by atoms with Gasteiger partial charge in [-0.05, 0) is 37.3 Å². The van der Waals surface area contributed by atoms with Gasteiger partial charge >= 0.3 is 11.9 Å². The molecule has 3 aromatic rings. The van der Waals surface area contributed by atoms with E-state index < -0.39 is 11.9 Å². The number of rotatable bonds is 8. The summed E-state index contributed by atoms with van der Waals surface area (Å²) >= 11 is 0. The molecule has 190 valence electrons. The summed E-state index contributed by atoms with van der Waals surface area (Å²) in [6, 6.07) is 15.5. The van der Waals surface area contributed by atoms with Crippen LogP contribution in [0.5, 0.6) is 5.75 Å². The van der Waals surface area contributed by atoms with E-state index in [4.69, 9.17) is 19.7 Å². The number of aromatic nitrogens is 1. The van der Waals surface area contributed by atoms with Crippen molar-refractivity contribution in [1.29, 1.82) is 0 Å². The van der Waals surface area contributed by atoms with Gasteiger partial charge in [0.1, 0.15) is 5.75 Å². The van der Waals surface area contributed by atoms with Crippen LogP contribution in [-0.4, -0.2) is 77.4 Å². The third kappa shape index (κ3) is 6.80. The van der Waals surface area contributed by atoms with Gasteiger partial charge in [-0.15, -0.1) is 0 Å². The predicted molar refractivity (Wildman–Crippen MR) is 135 cm³/mol. The SMILES string of the molecule is COc1ccc(C(=O)c2c(C)n(CCN3CCOCC3)c3ccccc23)cc1.O=C(O)/C=C/C(=O)O. The molecule has 0 radical (unpaired) electrons. The average molecular weight is 495 g/mol. The number of carboxylic acids is 2. The Balaban J connectivity index is 0.000000392. The van der Waals surface area contributed by atoms with Crippen LogP contribution in [0.4, 0.5) is 0 Å². The van der Waals surface area contributed by atoms with Gasteiger partial charge < -0.3 is 24.3 Å². The molecular formula is C27H30N2O7. The molecule has 1 fully saturated rings. The molecule has 2 aromatic carbocycles. The molecule has 0 unspecified atom stereocenters. The zero-order chi connectivity index (χ0) is 26.1. The Morgan fingerprint density at radius 2 is 1.56 bits per heavy atom. The normalized spacial score (nSPS) is 13.8. The first-order valence-electron chi connectivity index (χ1n) is 11.5. The maximum Gasteiger partial charge on any atom is 0.328 e. The molecule has 0 atom stereocenters. The third-order valence-electron chi connectivity index (χ3n) is 5.92. The molecule has 2 heterocycles. The van der Waals surface area contributed by atoms with Crippen molar-refractivity contribution in [2.24, 2.45) is 0 Å². The first-order valence-corrected chi connectivity index (χ1v) is 11.5. The number of hydrogen-bond acceptors (Lipinski definition) is 6. The Hall–Kier alpha value is -3.95. The van der Waals surface area contributed by atoms with Crippen LogP contribution < -0.4 is 4.74 Å². The number of carbonyl (C=O) groups excluding carboxylic acids is 1. The molecule has 9 heteroatoms. The smallest absolute Gasteiger partial charge is 0.328 e. The van der Waals surface area contributed by atoms with Crippen LogP contribution in [0.15, 0.2) is 60.7 Å². The van der Waals surface area contributed by atoms with E-state index in [1.807, 2.05) is 42.5 Å². The van der Waals surface area contributed by atoms with Gasteiger partial charge in [0.2, 0.25) is 0 Å². The standard InChI is InChI=1S/C23H26N2O3.C4H4O4/c1-17-22(23(26)18-7-9-19(27-2)10-8-18)20-5-3-4-6-21(20)25(17)12-11-24-13-15-28-16-14-24;5-3(6)1-2-4(7)8/h3-10H,11-16H2,1-2H3;1-2H,(H,5,6)(H,7,8)/b;2-1+. The summed E-state index contributed by atoms with van der Waals surface area (Å²) in [5.41, 5.74) is 3.61. The lowest BCUT2D eigenvalue weighted by molar-refractivity contribution is -0.134. The van der Waals surface area contributed by atoms with Crippen LogP contribution in [-0.2, 0) is 20.9 Å². The average Bonchev–Trinajstić information content (AvgIpc) is 3.17. The lowest BCUT2D eigenvalue weighted by atomic mass is 10.0. The molecule has 36 heavy (non-hydrogen) atoms. The maximum absolute atomic E-state index is 13.3. The van der Waals surface area contributed by atoms with Crippen molar-refractivity contribution in [2.75, 3.05) is 40.0 Å². The molecule has 1 saturated heterocycles. The molecule has 4 rings (SSSR count). The number of methoxy groups -OCH3 is 1. The highest BCUT2D eigenvalue weighted by atomic mass is 16.5. The van der Waals surface area contributed by atoms with Crippen molar-refractivity contribution in [3.8, 4) is 5.75 Å². The van der Waals surface area contributed by atoms with E-state index in [1.165, 1.54) is 0 Å². The van der Waals surface area contributed by atoms with Gasteiger partial charge in [-0.25, -0.2) is 9.59 Å². The van der Waals surface area contributed by atoms with Crippen molar-refractivity contribution < 1.29 is 34.1 Å². The van der Waals surface area contributed by atoms with Gasteiger partial charge in [0.05, 0.1) is 25.9 Å². The molecule has 9 nitrogen and oxygen atoms in total. The Kier molecular flexibility index (Phi) is 9.38. The first-order chi connectivity index (χ1) is 17.3. The van der Waals surface area contributed by atoms with Crippen molar-refractivity contribution in [3.05, 3.63) is 77.5 Å². The van der Waals surface area contributed by atoms with Crippen molar-refractivity contribution in [1.82, 2.24) is 9.47 Å².